The molecule has 4 heteroatoms. The van der Waals surface area contributed by atoms with Crippen molar-refractivity contribution in [3.05, 3.63) is 29.8 Å². The summed E-state index contributed by atoms with van der Waals surface area (Å²) in [5.41, 5.74) is 8.22. The zero-order valence-electron chi connectivity index (χ0n) is 10.3. The third kappa shape index (κ3) is 3.43. The van der Waals surface area contributed by atoms with Crippen LogP contribution in [0.1, 0.15) is 5.56 Å². The SMILES string of the molecule is NCCNCc1ccccc1N1CCNCC1. The van der Waals surface area contributed by atoms with Crippen LogP contribution in [0.3, 0.4) is 0 Å². The third-order valence-corrected chi connectivity index (χ3v) is 3.09. The molecule has 1 aliphatic heterocycles. The first-order valence-corrected chi connectivity index (χ1v) is 6.36. The van der Waals surface area contributed by atoms with Gasteiger partial charge in [-0.25, -0.2) is 0 Å². The maximum Gasteiger partial charge on any atom is 0.0412 e. The Morgan fingerprint density at radius 2 is 2.00 bits per heavy atom. The summed E-state index contributed by atoms with van der Waals surface area (Å²) in [7, 11) is 0. The number of nitrogens with one attached hydrogen (secondary N) is 2. The molecule has 0 aliphatic carbocycles. The van der Waals surface area contributed by atoms with Crippen LogP contribution < -0.4 is 21.3 Å². The topological polar surface area (TPSA) is 53.3 Å². The van der Waals surface area contributed by atoms with Crippen molar-refractivity contribution in [1.29, 1.82) is 0 Å². The van der Waals surface area contributed by atoms with Crippen LogP contribution >= 0.6 is 0 Å². The van der Waals surface area contributed by atoms with Gasteiger partial charge in [0.15, 0.2) is 0 Å². The monoisotopic (exact) mass is 234 g/mol. The Kier molecular flexibility index (Phi) is 4.79. The fourth-order valence-corrected chi connectivity index (χ4v) is 2.20. The second-order valence-electron chi connectivity index (χ2n) is 4.33. The van der Waals surface area contributed by atoms with Crippen LogP contribution in [-0.4, -0.2) is 39.3 Å². The number of anilines is 1. The first-order chi connectivity index (χ1) is 8.42. The van der Waals surface area contributed by atoms with E-state index < -0.39 is 0 Å². The second kappa shape index (κ2) is 6.59. The Morgan fingerprint density at radius 1 is 1.24 bits per heavy atom. The summed E-state index contributed by atoms with van der Waals surface area (Å²) < 4.78 is 0. The molecule has 1 aliphatic rings. The van der Waals surface area contributed by atoms with E-state index in [1.807, 2.05) is 0 Å². The molecule has 1 aromatic rings. The first kappa shape index (κ1) is 12.4. The zero-order valence-corrected chi connectivity index (χ0v) is 10.3. The second-order valence-corrected chi connectivity index (χ2v) is 4.33. The van der Waals surface area contributed by atoms with Gasteiger partial charge in [0.25, 0.3) is 0 Å². The average molecular weight is 234 g/mol. The number of benzene rings is 1. The molecule has 0 saturated carbocycles. The van der Waals surface area contributed by atoms with E-state index in [-0.39, 0.29) is 0 Å². The molecule has 0 aromatic heterocycles. The lowest BCUT2D eigenvalue weighted by atomic mass is 10.1. The van der Waals surface area contributed by atoms with Gasteiger partial charge >= 0.3 is 0 Å². The van der Waals surface area contributed by atoms with Gasteiger partial charge in [-0.05, 0) is 11.6 Å². The largest absolute Gasteiger partial charge is 0.369 e. The molecule has 4 nitrogen and oxygen atoms in total. The number of nitrogens with zero attached hydrogens (tertiary/aromatic N) is 1. The molecule has 0 radical (unpaired) electrons. The molecule has 0 bridgehead atoms. The average Bonchev–Trinajstić information content (AvgIpc) is 2.41. The van der Waals surface area contributed by atoms with Gasteiger partial charge in [0.05, 0.1) is 0 Å². The van der Waals surface area contributed by atoms with Gasteiger partial charge in [0.1, 0.15) is 0 Å². The molecule has 1 fully saturated rings. The summed E-state index contributed by atoms with van der Waals surface area (Å²) in [4.78, 5) is 2.45. The molecule has 4 N–H and O–H groups in total. The quantitative estimate of drug-likeness (QED) is 0.635. The first-order valence-electron chi connectivity index (χ1n) is 6.36. The van der Waals surface area contributed by atoms with E-state index in [9.17, 15) is 0 Å². The fraction of sp³-hybridized carbons (Fsp3) is 0.538. The predicted octanol–water partition coefficient (Wildman–Crippen LogP) is 0.145. The Hall–Kier alpha value is -1.10. The van der Waals surface area contributed by atoms with Gasteiger partial charge in [-0.15, -0.1) is 0 Å². The normalized spacial score (nSPS) is 16.2. The summed E-state index contributed by atoms with van der Waals surface area (Å²) in [6.45, 7) is 6.79. The van der Waals surface area contributed by atoms with E-state index in [0.717, 1.165) is 39.3 Å². The van der Waals surface area contributed by atoms with Gasteiger partial charge in [-0.2, -0.15) is 0 Å². The zero-order chi connectivity index (χ0) is 11.9. The Balaban J connectivity index is 2.03. The lowest BCUT2D eigenvalue weighted by molar-refractivity contribution is 0.586. The van der Waals surface area contributed by atoms with Crippen molar-refractivity contribution in [2.24, 2.45) is 5.73 Å². The van der Waals surface area contributed by atoms with E-state index >= 15 is 0 Å². The molecule has 0 atom stereocenters. The van der Waals surface area contributed by atoms with Gasteiger partial charge in [-0.1, -0.05) is 18.2 Å². The molecule has 0 amide bonds. The highest BCUT2D eigenvalue weighted by atomic mass is 15.2. The third-order valence-electron chi connectivity index (χ3n) is 3.09. The van der Waals surface area contributed by atoms with Crippen molar-refractivity contribution >= 4 is 5.69 Å². The minimum atomic E-state index is 0.690. The molecule has 17 heavy (non-hydrogen) atoms. The molecule has 1 aromatic carbocycles. The Morgan fingerprint density at radius 3 is 2.76 bits per heavy atom. The molecule has 0 spiro atoms. The van der Waals surface area contributed by atoms with Crippen LogP contribution in [0.15, 0.2) is 24.3 Å². The van der Waals surface area contributed by atoms with Gasteiger partial charge < -0.3 is 21.3 Å². The summed E-state index contributed by atoms with van der Waals surface area (Å²) in [6.07, 6.45) is 0. The maximum absolute atomic E-state index is 5.49. The highest BCUT2D eigenvalue weighted by molar-refractivity contribution is 5.54. The van der Waals surface area contributed by atoms with E-state index in [2.05, 4.69) is 39.8 Å². The smallest absolute Gasteiger partial charge is 0.0412 e. The van der Waals surface area contributed by atoms with E-state index in [4.69, 9.17) is 5.73 Å². The highest BCUT2D eigenvalue weighted by Gasteiger charge is 2.12. The summed E-state index contributed by atoms with van der Waals surface area (Å²) >= 11 is 0. The van der Waals surface area contributed by atoms with Crippen molar-refractivity contribution in [1.82, 2.24) is 10.6 Å². The van der Waals surface area contributed by atoms with Crippen LogP contribution in [0.5, 0.6) is 0 Å². The Bertz CT molecular complexity index is 334. The van der Waals surface area contributed by atoms with Crippen LogP contribution in [0, 0.1) is 0 Å². The molecular formula is C13H22N4. The van der Waals surface area contributed by atoms with E-state index in [1.54, 1.807) is 0 Å². The number of hydrogen-bond acceptors (Lipinski definition) is 4. The molecule has 0 unspecified atom stereocenters. The summed E-state index contributed by atoms with van der Waals surface area (Å²) in [6, 6.07) is 8.63. The van der Waals surface area contributed by atoms with Crippen molar-refractivity contribution in [2.45, 2.75) is 6.54 Å². The number of nitrogens with two attached hydrogens (primary N) is 1. The summed E-state index contributed by atoms with van der Waals surface area (Å²) in [5, 5.41) is 6.75. The van der Waals surface area contributed by atoms with Crippen LogP contribution in [-0.2, 0) is 6.54 Å². The van der Waals surface area contributed by atoms with Crippen LogP contribution in [0.2, 0.25) is 0 Å². The fourth-order valence-electron chi connectivity index (χ4n) is 2.20. The van der Waals surface area contributed by atoms with Crippen LogP contribution in [0.25, 0.3) is 0 Å². The van der Waals surface area contributed by atoms with Crippen molar-refractivity contribution < 1.29 is 0 Å². The molecule has 94 valence electrons. The summed E-state index contributed by atoms with van der Waals surface area (Å²) in [5.74, 6) is 0. The number of hydrogen-bond donors (Lipinski definition) is 3. The van der Waals surface area contributed by atoms with Crippen molar-refractivity contribution in [3.63, 3.8) is 0 Å². The molecule has 1 saturated heterocycles. The van der Waals surface area contributed by atoms with Gasteiger partial charge in [0.2, 0.25) is 0 Å². The molecule has 2 rings (SSSR count). The van der Waals surface area contributed by atoms with Gasteiger partial charge in [0, 0.05) is 51.5 Å². The molecular weight excluding hydrogens is 212 g/mol. The Labute approximate surface area is 103 Å². The predicted molar refractivity (Wildman–Crippen MR) is 72.3 cm³/mol. The number of rotatable bonds is 5. The lowest BCUT2D eigenvalue weighted by Crippen LogP contribution is -2.44. The maximum atomic E-state index is 5.49. The van der Waals surface area contributed by atoms with Gasteiger partial charge in [-0.3, -0.25) is 0 Å². The van der Waals surface area contributed by atoms with Crippen molar-refractivity contribution in [3.8, 4) is 0 Å². The highest BCUT2D eigenvalue weighted by Crippen LogP contribution is 2.20. The van der Waals surface area contributed by atoms with Crippen molar-refractivity contribution in [2.75, 3.05) is 44.2 Å². The van der Waals surface area contributed by atoms with Crippen LogP contribution in [0.4, 0.5) is 5.69 Å². The van der Waals surface area contributed by atoms with E-state index in [0.29, 0.717) is 6.54 Å². The van der Waals surface area contributed by atoms with E-state index in [1.165, 1.54) is 11.3 Å². The number of para-hydroxylation sites is 1. The standard InChI is InChI=1S/C13H22N4/c14-5-6-16-11-12-3-1-2-4-13(12)17-9-7-15-8-10-17/h1-4,15-16H,5-11,14H2. The minimum Gasteiger partial charge on any atom is -0.369 e. The lowest BCUT2D eigenvalue weighted by Gasteiger charge is -2.31. The molecule has 1 heterocycles. The minimum absolute atomic E-state index is 0.690. The number of piperazine rings is 1.